The summed E-state index contributed by atoms with van der Waals surface area (Å²) < 4.78 is 32.6. The third-order valence-electron chi connectivity index (χ3n) is 10.4. The highest BCUT2D eigenvalue weighted by molar-refractivity contribution is 6.35. The fourth-order valence-corrected chi connectivity index (χ4v) is 8.02. The first-order valence-electron chi connectivity index (χ1n) is 18.7. The zero-order valence-electron chi connectivity index (χ0n) is 30.1. The van der Waals surface area contributed by atoms with Crippen molar-refractivity contribution in [2.45, 2.75) is 76.4 Å². The molecule has 2 N–H and O–H groups in total. The molecule has 0 bridgehead atoms. The molecule has 2 aliphatic heterocycles. The van der Waals surface area contributed by atoms with Gasteiger partial charge in [0.05, 0.1) is 22.2 Å². The van der Waals surface area contributed by atoms with Gasteiger partial charge in [-0.2, -0.15) is 5.26 Å². The van der Waals surface area contributed by atoms with Crippen LogP contribution in [0.25, 0.3) is 11.1 Å². The number of nitriles is 1. The van der Waals surface area contributed by atoms with Gasteiger partial charge in [-0.1, -0.05) is 53.5 Å². The van der Waals surface area contributed by atoms with E-state index < -0.39 is 6.17 Å². The molecule has 282 valence electrons. The highest BCUT2D eigenvalue weighted by atomic mass is 35.5. The van der Waals surface area contributed by atoms with Crippen molar-refractivity contribution < 1.29 is 23.4 Å². The van der Waals surface area contributed by atoms with Gasteiger partial charge in [-0.05, 0) is 73.4 Å². The Morgan fingerprint density at radius 3 is 2.61 bits per heavy atom. The predicted molar refractivity (Wildman–Crippen MR) is 207 cm³/mol. The number of rotatable bonds is 15. The van der Waals surface area contributed by atoms with E-state index in [0.717, 1.165) is 73.1 Å². The van der Waals surface area contributed by atoms with Crippen LogP contribution in [0.1, 0.15) is 72.4 Å². The molecule has 1 aromatic heterocycles. The molecule has 3 aliphatic rings. The molecule has 0 radical (unpaired) electrons. The number of carbonyl (C=O) groups excluding carboxylic acids is 1. The van der Waals surface area contributed by atoms with Crippen LogP contribution in [-0.2, 0) is 24.4 Å². The van der Waals surface area contributed by atoms with Gasteiger partial charge in [0.15, 0.2) is 0 Å². The summed E-state index contributed by atoms with van der Waals surface area (Å²) >= 11 is 13.9. The number of fused-ring (bicyclic) bond motifs is 1. The van der Waals surface area contributed by atoms with Crippen LogP contribution in [0.2, 0.25) is 10.0 Å². The topological polar surface area (TPSA) is 109 Å². The van der Waals surface area contributed by atoms with Gasteiger partial charge in [0, 0.05) is 80.3 Å². The average molecular weight is 773 g/mol. The van der Waals surface area contributed by atoms with Crippen LogP contribution in [-0.4, -0.2) is 60.8 Å². The number of piperidine rings is 1. The molecule has 9 nitrogen and oxygen atoms in total. The third-order valence-corrected chi connectivity index (χ3v) is 11.0. The highest BCUT2D eigenvalue weighted by Crippen LogP contribution is 2.45. The second kappa shape index (κ2) is 17.8. The zero-order valence-corrected chi connectivity index (χ0v) is 31.6. The first-order chi connectivity index (χ1) is 26.3. The lowest BCUT2D eigenvalue weighted by Crippen LogP contribution is -2.35. The summed E-state index contributed by atoms with van der Waals surface area (Å²) in [5, 5.41) is 16.8. The van der Waals surface area contributed by atoms with Crippen LogP contribution < -0.4 is 24.8 Å². The molecule has 2 saturated heterocycles. The lowest BCUT2D eigenvalue weighted by Gasteiger charge is -2.28. The van der Waals surface area contributed by atoms with Gasteiger partial charge in [0.1, 0.15) is 42.2 Å². The lowest BCUT2D eigenvalue weighted by atomic mass is 9.96. The van der Waals surface area contributed by atoms with Gasteiger partial charge < -0.3 is 29.7 Å². The van der Waals surface area contributed by atoms with Crippen molar-refractivity contribution in [3.63, 3.8) is 0 Å². The third kappa shape index (κ3) is 9.27. The van der Waals surface area contributed by atoms with E-state index in [2.05, 4.69) is 38.7 Å². The molecule has 7 rings (SSSR count). The summed E-state index contributed by atoms with van der Waals surface area (Å²) in [6.45, 7) is 4.30. The quantitative estimate of drug-likeness (QED) is 0.117. The molecule has 2 atom stereocenters. The van der Waals surface area contributed by atoms with Crippen molar-refractivity contribution >= 4 is 29.1 Å². The molecule has 1 amide bonds. The van der Waals surface area contributed by atoms with Crippen LogP contribution in [0.15, 0.2) is 67.0 Å². The van der Waals surface area contributed by atoms with Crippen molar-refractivity contribution in [3.05, 3.63) is 105 Å². The summed E-state index contributed by atoms with van der Waals surface area (Å²) in [4.78, 5) is 18.1. The van der Waals surface area contributed by atoms with E-state index in [1.54, 1.807) is 12.3 Å². The molecule has 3 aromatic carbocycles. The minimum atomic E-state index is -0.672. The van der Waals surface area contributed by atoms with Gasteiger partial charge in [0.25, 0.3) is 0 Å². The second-order valence-electron chi connectivity index (χ2n) is 14.2. The maximum absolute atomic E-state index is 13.5. The van der Waals surface area contributed by atoms with E-state index in [1.807, 2.05) is 36.4 Å². The highest BCUT2D eigenvalue weighted by Gasteiger charge is 2.29. The molecular formula is C42H44Cl2FN5O4. The molecular weight excluding hydrogens is 728 g/mol. The predicted octanol–water partition coefficient (Wildman–Crippen LogP) is 8.14. The fraction of sp³-hybridized carbons (Fsp3) is 0.405. The van der Waals surface area contributed by atoms with Crippen molar-refractivity contribution in [1.82, 2.24) is 20.5 Å². The van der Waals surface area contributed by atoms with Gasteiger partial charge in [0.2, 0.25) is 5.91 Å². The first kappa shape index (κ1) is 37.9. The molecule has 2 fully saturated rings. The Labute approximate surface area is 325 Å². The Kier molecular flexibility index (Phi) is 12.5. The number of hydrogen-bond acceptors (Lipinski definition) is 8. The SMILES string of the molecule is N#Cc1cncc(COc2cc(O[C@H]3CCc4c(-c5cccc(OCCCN6CCC(F)CC6)c5Cl)cccc43)c(Cl)cc2CNC[C@H]2CCC(=O)N2)c1. The van der Waals surface area contributed by atoms with E-state index in [-0.39, 0.29) is 24.7 Å². The second-order valence-corrected chi connectivity index (χ2v) is 14.9. The molecule has 1 aliphatic carbocycles. The Bertz CT molecular complexity index is 2000. The maximum atomic E-state index is 13.5. The van der Waals surface area contributed by atoms with Crippen LogP contribution in [0, 0.1) is 11.3 Å². The van der Waals surface area contributed by atoms with Crippen LogP contribution >= 0.6 is 23.2 Å². The Balaban J connectivity index is 1.05. The monoisotopic (exact) mass is 771 g/mol. The number of nitrogens with one attached hydrogen (secondary N) is 2. The Morgan fingerprint density at radius 2 is 1.80 bits per heavy atom. The van der Waals surface area contributed by atoms with Gasteiger partial charge in [-0.15, -0.1) is 0 Å². The molecule has 0 spiro atoms. The van der Waals surface area contributed by atoms with E-state index >= 15 is 0 Å². The lowest BCUT2D eigenvalue weighted by molar-refractivity contribution is -0.119. The Hall–Kier alpha value is -4.40. The van der Waals surface area contributed by atoms with Gasteiger partial charge in [-0.25, -0.2) is 4.39 Å². The summed E-state index contributed by atoms with van der Waals surface area (Å²) in [5.74, 6) is 1.83. The first-order valence-corrected chi connectivity index (χ1v) is 19.5. The number of alkyl halides is 1. The number of ether oxygens (including phenoxy) is 3. The largest absolute Gasteiger partial charge is 0.492 e. The molecule has 12 heteroatoms. The summed E-state index contributed by atoms with van der Waals surface area (Å²) in [5.41, 5.74) is 6.27. The molecule has 0 saturated carbocycles. The number of nitrogens with zero attached hydrogens (tertiary/aromatic N) is 3. The van der Waals surface area contributed by atoms with Crippen LogP contribution in [0.5, 0.6) is 17.2 Å². The standard InChI is InChI=1S/C42H44Cl2FN5O4/c43-36-19-29(24-48-25-31-8-11-41(51)49-31)39(53-26-28-18-27(21-46)22-47-23-28)20-40(36)54-37-10-9-33-32(4-1-5-34(33)37)35-6-2-7-38(42(35)44)52-17-3-14-50-15-12-30(45)13-16-50/h1-2,4-7,18-20,22-23,30-31,37,48H,3,8-17,24-26H2,(H,49,51)/t31-,37+/m1/s1. The number of hydrogen-bond donors (Lipinski definition) is 2. The smallest absolute Gasteiger partial charge is 0.220 e. The van der Waals surface area contributed by atoms with E-state index in [9.17, 15) is 14.4 Å². The van der Waals surface area contributed by atoms with Crippen molar-refractivity contribution in [2.24, 2.45) is 0 Å². The molecule has 0 unspecified atom stereocenters. The summed E-state index contributed by atoms with van der Waals surface area (Å²) in [7, 11) is 0. The minimum absolute atomic E-state index is 0.0737. The number of benzene rings is 3. The zero-order chi connectivity index (χ0) is 37.4. The van der Waals surface area contributed by atoms with E-state index in [1.165, 1.54) is 11.8 Å². The van der Waals surface area contributed by atoms with Crippen LogP contribution in [0.4, 0.5) is 4.39 Å². The van der Waals surface area contributed by atoms with Crippen LogP contribution in [0.3, 0.4) is 0 Å². The number of halogens is 3. The van der Waals surface area contributed by atoms with Crippen molar-refractivity contribution in [2.75, 3.05) is 32.8 Å². The number of carbonyl (C=O) groups is 1. The molecule has 4 aromatic rings. The van der Waals surface area contributed by atoms with Crippen molar-refractivity contribution in [3.8, 4) is 34.4 Å². The van der Waals surface area contributed by atoms with Gasteiger partial charge >= 0.3 is 0 Å². The Morgan fingerprint density at radius 1 is 0.963 bits per heavy atom. The number of likely N-dealkylation sites (tertiary alicyclic amines) is 1. The fourth-order valence-electron chi connectivity index (χ4n) is 7.51. The summed E-state index contributed by atoms with van der Waals surface area (Å²) in [6, 6.07) is 19.8. The number of aromatic nitrogens is 1. The summed E-state index contributed by atoms with van der Waals surface area (Å²) in [6.07, 6.45) is 7.24. The van der Waals surface area contributed by atoms with E-state index in [4.69, 9.17) is 37.4 Å². The molecule has 3 heterocycles. The average Bonchev–Trinajstić information content (AvgIpc) is 3.80. The van der Waals surface area contributed by atoms with Crippen molar-refractivity contribution in [1.29, 1.82) is 5.26 Å². The van der Waals surface area contributed by atoms with E-state index in [0.29, 0.717) is 71.8 Å². The number of amides is 1. The molecule has 54 heavy (non-hydrogen) atoms. The number of pyridine rings is 1. The normalized spacial score (nSPS) is 18.6. The van der Waals surface area contributed by atoms with Gasteiger partial charge in [-0.3, -0.25) is 9.78 Å². The minimum Gasteiger partial charge on any atom is -0.492 e. The maximum Gasteiger partial charge on any atom is 0.220 e.